The lowest BCUT2D eigenvalue weighted by Gasteiger charge is -2.49. The Morgan fingerprint density at radius 3 is 2.46 bits per heavy atom. The van der Waals surface area contributed by atoms with Gasteiger partial charge >= 0.3 is 11.9 Å². The molecule has 224 valence electrons. The van der Waals surface area contributed by atoms with Gasteiger partial charge in [0.05, 0.1) is 18.2 Å². The lowest BCUT2D eigenvalue weighted by molar-refractivity contribution is -0.137. The van der Waals surface area contributed by atoms with Crippen LogP contribution in [-0.2, 0) is 24.5 Å². The van der Waals surface area contributed by atoms with E-state index in [0.29, 0.717) is 42.7 Å². The van der Waals surface area contributed by atoms with Crippen LogP contribution >= 0.6 is 0 Å². The fourth-order valence-corrected chi connectivity index (χ4v) is 6.46. The maximum atomic E-state index is 15.2. The monoisotopic (exact) mass is 578 g/mol. The number of alkyl halides is 3. The van der Waals surface area contributed by atoms with Gasteiger partial charge in [0.25, 0.3) is 0 Å². The molecule has 0 aliphatic carbocycles. The molecule has 2 aromatic heterocycles. The van der Waals surface area contributed by atoms with E-state index in [4.69, 9.17) is 9.72 Å². The Hall–Kier alpha value is -2.99. The van der Waals surface area contributed by atoms with Crippen LogP contribution in [0.4, 0.5) is 23.4 Å². The van der Waals surface area contributed by atoms with E-state index in [1.165, 1.54) is 10.6 Å². The summed E-state index contributed by atoms with van der Waals surface area (Å²) in [5.41, 5.74) is 0.210. The summed E-state index contributed by atoms with van der Waals surface area (Å²) in [6, 6.07) is 2.13. The molecular weight excluding hydrogens is 540 g/mol. The molecule has 12 heteroatoms. The summed E-state index contributed by atoms with van der Waals surface area (Å²) in [5, 5.41) is 0. The van der Waals surface area contributed by atoms with Crippen LogP contribution in [0.2, 0.25) is 0 Å². The SMILES string of the molecule is Cc1nc2c(N3C[C@@H](C)N([C@H](c4ccc(C(F)(F)F)cc4F)C(C)C)C[C@@H]3C)nc(=O)n(C)c2n1C[C@@H]1CCCO1. The van der Waals surface area contributed by atoms with Crippen molar-refractivity contribution >= 4 is 17.0 Å². The summed E-state index contributed by atoms with van der Waals surface area (Å²) < 4.78 is 64.2. The van der Waals surface area contributed by atoms with Gasteiger partial charge in [-0.2, -0.15) is 18.2 Å². The van der Waals surface area contributed by atoms with E-state index in [-0.39, 0.29) is 35.4 Å². The minimum atomic E-state index is -4.61. The fraction of sp³-hybridized carbons (Fsp3) is 0.621. The van der Waals surface area contributed by atoms with Gasteiger partial charge < -0.3 is 14.2 Å². The molecule has 0 radical (unpaired) electrons. The zero-order chi connectivity index (χ0) is 29.8. The third-order valence-corrected chi connectivity index (χ3v) is 8.50. The number of hydrogen-bond donors (Lipinski definition) is 0. The van der Waals surface area contributed by atoms with Crippen LogP contribution in [0.25, 0.3) is 11.2 Å². The molecule has 0 bridgehead atoms. The molecule has 5 rings (SSSR count). The smallest absolute Gasteiger partial charge is 0.376 e. The predicted octanol–water partition coefficient (Wildman–Crippen LogP) is 5.07. The molecule has 0 amide bonds. The van der Waals surface area contributed by atoms with E-state index < -0.39 is 23.6 Å². The van der Waals surface area contributed by atoms with Crippen LogP contribution in [0.1, 0.15) is 63.5 Å². The Morgan fingerprint density at radius 1 is 1.12 bits per heavy atom. The highest BCUT2D eigenvalue weighted by atomic mass is 19.4. The molecule has 0 saturated carbocycles. The normalized spacial score (nSPS) is 23.2. The quantitative estimate of drug-likeness (QED) is 0.381. The van der Waals surface area contributed by atoms with Gasteiger partial charge in [0, 0.05) is 50.4 Å². The third-order valence-electron chi connectivity index (χ3n) is 8.50. The van der Waals surface area contributed by atoms with Crippen LogP contribution in [-0.4, -0.2) is 61.9 Å². The minimum absolute atomic E-state index is 0.0626. The van der Waals surface area contributed by atoms with E-state index in [2.05, 4.69) is 14.8 Å². The number of hydrogen-bond acceptors (Lipinski definition) is 6. The number of piperazine rings is 1. The molecule has 3 aromatic rings. The molecule has 4 heterocycles. The first kappa shape index (κ1) is 29.5. The van der Waals surface area contributed by atoms with E-state index in [1.54, 1.807) is 7.05 Å². The lowest BCUT2D eigenvalue weighted by Crippen LogP contribution is -2.58. The third kappa shape index (κ3) is 5.48. The van der Waals surface area contributed by atoms with Gasteiger partial charge in [0.1, 0.15) is 22.8 Å². The summed E-state index contributed by atoms with van der Waals surface area (Å²) in [6.07, 6.45) is -2.58. The van der Waals surface area contributed by atoms with Gasteiger partial charge in [0.15, 0.2) is 5.82 Å². The summed E-state index contributed by atoms with van der Waals surface area (Å²) >= 11 is 0. The summed E-state index contributed by atoms with van der Waals surface area (Å²) in [5.74, 6) is 0.366. The van der Waals surface area contributed by atoms with Gasteiger partial charge in [0.2, 0.25) is 0 Å². The second kappa shape index (κ2) is 11.0. The first-order valence-electron chi connectivity index (χ1n) is 14.2. The van der Waals surface area contributed by atoms with Crippen LogP contribution in [0, 0.1) is 18.7 Å². The van der Waals surface area contributed by atoms with Gasteiger partial charge in [-0.05, 0) is 51.7 Å². The van der Waals surface area contributed by atoms with Crippen molar-refractivity contribution < 1.29 is 22.3 Å². The molecule has 0 spiro atoms. The molecule has 8 nitrogen and oxygen atoms in total. The second-order valence-electron chi connectivity index (χ2n) is 11.8. The van der Waals surface area contributed by atoms with Gasteiger partial charge in [-0.3, -0.25) is 9.47 Å². The Morgan fingerprint density at radius 2 is 1.85 bits per heavy atom. The molecule has 2 aliphatic rings. The Balaban J connectivity index is 1.48. The van der Waals surface area contributed by atoms with Crippen molar-refractivity contribution in [3.63, 3.8) is 0 Å². The Kier molecular flexibility index (Phi) is 7.92. The summed E-state index contributed by atoms with van der Waals surface area (Å²) in [6.45, 7) is 12.2. The highest BCUT2D eigenvalue weighted by Gasteiger charge is 2.39. The van der Waals surface area contributed by atoms with Crippen LogP contribution in [0.3, 0.4) is 0 Å². The number of anilines is 1. The van der Waals surface area contributed by atoms with Crippen molar-refractivity contribution in [2.45, 2.75) is 84.4 Å². The van der Waals surface area contributed by atoms with E-state index in [0.717, 1.165) is 31.3 Å². The van der Waals surface area contributed by atoms with Gasteiger partial charge in [-0.15, -0.1) is 0 Å². The predicted molar refractivity (Wildman–Crippen MR) is 148 cm³/mol. The lowest BCUT2D eigenvalue weighted by atomic mass is 9.90. The number of rotatable bonds is 6. The van der Waals surface area contributed by atoms with Crippen molar-refractivity contribution in [3.8, 4) is 0 Å². The largest absolute Gasteiger partial charge is 0.416 e. The van der Waals surface area contributed by atoms with Crippen LogP contribution in [0.15, 0.2) is 23.0 Å². The first-order valence-corrected chi connectivity index (χ1v) is 14.2. The molecule has 1 aromatic carbocycles. The number of halogens is 4. The van der Waals surface area contributed by atoms with Crippen molar-refractivity contribution in [2.24, 2.45) is 13.0 Å². The maximum absolute atomic E-state index is 15.2. The molecule has 0 N–H and O–H groups in total. The molecule has 2 fully saturated rings. The van der Waals surface area contributed by atoms with E-state index in [1.807, 2.05) is 39.2 Å². The number of fused-ring (bicyclic) bond motifs is 1. The van der Waals surface area contributed by atoms with E-state index in [9.17, 15) is 18.0 Å². The zero-order valence-electron chi connectivity index (χ0n) is 24.4. The molecule has 4 atom stereocenters. The number of imidazole rings is 1. The molecule has 2 saturated heterocycles. The number of nitrogens with zero attached hydrogens (tertiary/aromatic N) is 6. The van der Waals surface area contributed by atoms with Crippen molar-refractivity contribution in [1.29, 1.82) is 0 Å². The fourth-order valence-electron chi connectivity index (χ4n) is 6.46. The molecule has 41 heavy (non-hydrogen) atoms. The van der Waals surface area contributed by atoms with Gasteiger partial charge in [-0.1, -0.05) is 19.9 Å². The average Bonchev–Trinajstić information content (AvgIpc) is 3.52. The second-order valence-corrected chi connectivity index (χ2v) is 11.8. The minimum Gasteiger partial charge on any atom is -0.376 e. The number of aryl methyl sites for hydroxylation is 2. The molecule has 2 aliphatic heterocycles. The average molecular weight is 579 g/mol. The Bertz CT molecular complexity index is 1480. The number of ether oxygens (including phenoxy) is 1. The summed E-state index contributed by atoms with van der Waals surface area (Å²) in [7, 11) is 1.70. The van der Waals surface area contributed by atoms with Crippen molar-refractivity contribution in [2.75, 3.05) is 24.6 Å². The standard InChI is InChI=1S/C29H38F4N6O2/c1-16(2)25(22-10-9-20(12-23(22)30)29(31,32)33)37-13-18(4)38(14-17(37)3)26-24-27(36(6)28(40)35-26)39(19(5)34-24)15-21-8-7-11-41-21/h9-10,12,16-18,21,25H,7-8,11,13-15H2,1-6H3/t17-,18+,21+,25+/m1/s1. The molecular formula is C29H38F4N6O2. The van der Waals surface area contributed by atoms with Crippen molar-refractivity contribution in [3.05, 3.63) is 51.5 Å². The number of aromatic nitrogens is 4. The number of benzene rings is 1. The van der Waals surface area contributed by atoms with Crippen molar-refractivity contribution in [1.82, 2.24) is 24.0 Å². The highest BCUT2D eigenvalue weighted by Crippen LogP contribution is 2.38. The zero-order valence-corrected chi connectivity index (χ0v) is 24.4. The maximum Gasteiger partial charge on any atom is 0.416 e. The topological polar surface area (TPSA) is 68.4 Å². The van der Waals surface area contributed by atoms with Gasteiger partial charge in [-0.25, -0.2) is 14.2 Å². The van der Waals surface area contributed by atoms with E-state index >= 15 is 4.39 Å². The summed E-state index contributed by atoms with van der Waals surface area (Å²) in [4.78, 5) is 26.6. The molecule has 0 unspecified atom stereocenters. The highest BCUT2D eigenvalue weighted by molar-refractivity contribution is 5.84. The first-order chi connectivity index (χ1) is 19.3. The Labute approximate surface area is 236 Å². The van der Waals surface area contributed by atoms with Crippen LogP contribution in [0.5, 0.6) is 0 Å². The van der Waals surface area contributed by atoms with Crippen LogP contribution < -0.4 is 10.6 Å².